The van der Waals surface area contributed by atoms with Gasteiger partial charge in [-0.25, -0.2) is 0 Å². The Morgan fingerprint density at radius 3 is 2.41 bits per heavy atom. The van der Waals surface area contributed by atoms with Crippen LogP contribution in [0.1, 0.15) is 29.7 Å². The number of hydrogen-bond acceptors (Lipinski definition) is 3. The minimum atomic E-state index is -4.38. The number of benzene rings is 2. The van der Waals surface area contributed by atoms with Crippen LogP contribution >= 0.6 is 0 Å². The Morgan fingerprint density at radius 2 is 1.74 bits per heavy atom. The number of nitrogens with one attached hydrogen (secondary N) is 1. The molecule has 1 heterocycles. The number of halogens is 3. The third kappa shape index (κ3) is 4.81. The number of carbonyl (C=O) groups is 1. The highest BCUT2D eigenvalue weighted by Crippen LogP contribution is 2.32. The van der Waals surface area contributed by atoms with Gasteiger partial charge in [-0.2, -0.15) is 13.2 Å². The third-order valence-corrected chi connectivity index (χ3v) is 4.09. The van der Waals surface area contributed by atoms with Crippen molar-refractivity contribution in [2.24, 2.45) is 0 Å². The Balaban J connectivity index is 1.60. The minimum absolute atomic E-state index is 0.273. The van der Waals surface area contributed by atoms with E-state index in [2.05, 4.69) is 5.32 Å². The maximum Gasteiger partial charge on any atom is 0.416 e. The second-order valence-corrected chi connectivity index (χ2v) is 6.09. The average Bonchev–Trinajstić information content (AvgIpc) is 2.65. The lowest BCUT2D eigenvalue weighted by Crippen LogP contribution is -2.25. The molecule has 1 N–H and O–H groups in total. The Labute approximate surface area is 154 Å². The molecule has 4 nitrogen and oxygen atoms in total. The standard InChI is InChI=1S/C20H18F3NO3/c1-13(15-5-8-17-18(12-15)27-11-10-26-17)24-19(25)9-4-14-2-6-16(7-3-14)20(21,22)23/h2-9,12-13H,10-11H2,1H3,(H,24,25)/b9-4+. The van der Waals surface area contributed by atoms with Crippen LogP contribution in [0.25, 0.3) is 6.08 Å². The van der Waals surface area contributed by atoms with Crippen molar-refractivity contribution in [3.8, 4) is 11.5 Å². The molecule has 1 amide bonds. The molecule has 0 aliphatic carbocycles. The highest BCUT2D eigenvalue weighted by Gasteiger charge is 2.29. The van der Waals surface area contributed by atoms with Crippen molar-refractivity contribution in [1.82, 2.24) is 5.32 Å². The summed E-state index contributed by atoms with van der Waals surface area (Å²) in [5, 5.41) is 2.81. The molecule has 0 fully saturated rings. The quantitative estimate of drug-likeness (QED) is 0.805. The molecule has 27 heavy (non-hydrogen) atoms. The molecular formula is C20H18F3NO3. The second-order valence-electron chi connectivity index (χ2n) is 6.09. The zero-order valence-electron chi connectivity index (χ0n) is 14.5. The first-order valence-corrected chi connectivity index (χ1v) is 8.38. The van der Waals surface area contributed by atoms with E-state index in [9.17, 15) is 18.0 Å². The van der Waals surface area contributed by atoms with Gasteiger partial charge in [0.2, 0.25) is 5.91 Å². The molecule has 2 aromatic carbocycles. The van der Waals surface area contributed by atoms with E-state index in [1.807, 2.05) is 19.1 Å². The average molecular weight is 377 g/mol. The summed E-state index contributed by atoms with van der Waals surface area (Å²) < 4.78 is 48.6. The first kappa shape index (κ1) is 18.8. The lowest BCUT2D eigenvalue weighted by molar-refractivity contribution is -0.137. The molecule has 7 heteroatoms. The lowest BCUT2D eigenvalue weighted by Gasteiger charge is -2.20. The van der Waals surface area contributed by atoms with E-state index in [4.69, 9.17) is 9.47 Å². The fourth-order valence-electron chi connectivity index (χ4n) is 2.63. The van der Waals surface area contributed by atoms with Crippen molar-refractivity contribution in [3.05, 3.63) is 65.2 Å². The van der Waals surface area contributed by atoms with Crippen molar-refractivity contribution in [2.45, 2.75) is 19.1 Å². The Bertz CT molecular complexity index is 845. The van der Waals surface area contributed by atoms with Gasteiger partial charge >= 0.3 is 6.18 Å². The van der Waals surface area contributed by atoms with Gasteiger partial charge in [0.05, 0.1) is 11.6 Å². The lowest BCUT2D eigenvalue weighted by atomic mass is 10.1. The molecule has 0 saturated heterocycles. The first-order chi connectivity index (χ1) is 12.8. The minimum Gasteiger partial charge on any atom is -0.486 e. The number of hydrogen-bond donors (Lipinski definition) is 1. The van der Waals surface area contributed by atoms with Gasteiger partial charge in [0.15, 0.2) is 11.5 Å². The predicted molar refractivity (Wildman–Crippen MR) is 94.5 cm³/mol. The van der Waals surface area contributed by atoms with Crippen molar-refractivity contribution >= 4 is 12.0 Å². The molecule has 0 bridgehead atoms. The Hall–Kier alpha value is -2.96. The van der Waals surface area contributed by atoms with E-state index in [1.165, 1.54) is 24.3 Å². The molecule has 1 unspecified atom stereocenters. The fourth-order valence-corrected chi connectivity index (χ4v) is 2.63. The normalized spacial score (nSPS) is 14.8. The Kier molecular flexibility index (Phi) is 5.39. The first-order valence-electron chi connectivity index (χ1n) is 8.38. The third-order valence-electron chi connectivity index (χ3n) is 4.09. The number of alkyl halides is 3. The van der Waals surface area contributed by atoms with Crippen molar-refractivity contribution in [1.29, 1.82) is 0 Å². The number of rotatable bonds is 4. The van der Waals surface area contributed by atoms with Crippen molar-refractivity contribution in [2.75, 3.05) is 13.2 Å². The number of carbonyl (C=O) groups excluding carboxylic acids is 1. The molecular weight excluding hydrogens is 359 g/mol. The van der Waals surface area contributed by atoms with E-state index >= 15 is 0 Å². The second kappa shape index (κ2) is 7.73. The molecule has 3 rings (SSSR count). The Morgan fingerprint density at radius 1 is 1.07 bits per heavy atom. The van der Waals surface area contributed by atoms with E-state index in [1.54, 1.807) is 6.07 Å². The van der Waals surface area contributed by atoms with E-state index in [-0.39, 0.29) is 11.9 Å². The summed E-state index contributed by atoms with van der Waals surface area (Å²) in [5.41, 5.74) is 0.636. The largest absolute Gasteiger partial charge is 0.486 e. The summed E-state index contributed by atoms with van der Waals surface area (Å²) in [7, 11) is 0. The zero-order valence-corrected chi connectivity index (χ0v) is 14.5. The molecule has 1 aliphatic heterocycles. The summed E-state index contributed by atoms with van der Waals surface area (Å²) in [6, 6.07) is 9.78. The van der Waals surface area contributed by atoms with Gasteiger partial charge in [-0.15, -0.1) is 0 Å². The fraction of sp³-hybridized carbons (Fsp3) is 0.250. The molecule has 1 atom stereocenters. The number of fused-ring (bicyclic) bond motifs is 1. The highest BCUT2D eigenvalue weighted by molar-refractivity contribution is 5.92. The maximum atomic E-state index is 12.5. The van der Waals surface area contributed by atoms with E-state index in [0.717, 1.165) is 17.7 Å². The van der Waals surface area contributed by atoms with Crippen LogP contribution < -0.4 is 14.8 Å². The predicted octanol–water partition coefficient (Wildman–Crippen LogP) is 4.37. The maximum absolute atomic E-state index is 12.5. The molecule has 2 aromatic rings. The monoisotopic (exact) mass is 377 g/mol. The number of ether oxygens (including phenoxy) is 2. The van der Waals surface area contributed by atoms with Gasteiger partial charge in [-0.3, -0.25) is 4.79 Å². The number of amides is 1. The summed E-state index contributed by atoms with van der Waals surface area (Å²) in [5.74, 6) is 0.961. The van der Waals surface area contributed by atoms with Crippen LogP contribution in [0, 0.1) is 0 Å². The smallest absolute Gasteiger partial charge is 0.416 e. The van der Waals surface area contributed by atoms with Crippen LogP contribution in [-0.4, -0.2) is 19.1 Å². The van der Waals surface area contributed by atoms with Gasteiger partial charge in [0, 0.05) is 6.08 Å². The SMILES string of the molecule is CC(NC(=O)/C=C/c1ccc(C(F)(F)F)cc1)c1ccc2c(c1)OCCO2. The van der Waals surface area contributed by atoms with Crippen LogP contribution in [0.2, 0.25) is 0 Å². The molecule has 142 valence electrons. The molecule has 0 radical (unpaired) electrons. The van der Waals surface area contributed by atoms with Crippen LogP contribution in [-0.2, 0) is 11.0 Å². The topological polar surface area (TPSA) is 47.6 Å². The van der Waals surface area contributed by atoms with Crippen LogP contribution in [0.4, 0.5) is 13.2 Å². The van der Waals surface area contributed by atoms with Crippen molar-refractivity contribution in [3.63, 3.8) is 0 Å². The van der Waals surface area contributed by atoms with Crippen LogP contribution in [0.3, 0.4) is 0 Å². The van der Waals surface area contributed by atoms with E-state index in [0.29, 0.717) is 30.3 Å². The van der Waals surface area contributed by atoms with Crippen LogP contribution in [0.5, 0.6) is 11.5 Å². The molecule has 0 spiro atoms. The summed E-state index contributed by atoms with van der Waals surface area (Å²) >= 11 is 0. The molecule has 1 aliphatic rings. The molecule has 0 aromatic heterocycles. The van der Waals surface area contributed by atoms with Gasteiger partial charge in [-0.1, -0.05) is 18.2 Å². The van der Waals surface area contributed by atoms with Crippen LogP contribution in [0.15, 0.2) is 48.5 Å². The van der Waals surface area contributed by atoms with Gasteiger partial charge in [-0.05, 0) is 48.4 Å². The summed E-state index contributed by atoms with van der Waals surface area (Å²) in [6.45, 7) is 2.82. The van der Waals surface area contributed by atoms with Gasteiger partial charge in [0.1, 0.15) is 13.2 Å². The zero-order chi connectivity index (χ0) is 19.4. The van der Waals surface area contributed by atoms with Gasteiger partial charge < -0.3 is 14.8 Å². The summed E-state index contributed by atoms with van der Waals surface area (Å²) in [4.78, 5) is 12.1. The summed E-state index contributed by atoms with van der Waals surface area (Å²) in [6.07, 6.45) is -1.62. The van der Waals surface area contributed by atoms with E-state index < -0.39 is 11.7 Å². The van der Waals surface area contributed by atoms with Crippen molar-refractivity contribution < 1.29 is 27.4 Å². The van der Waals surface area contributed by atoms with Gasteiger partial charge in [0.25, 0.3) is 0 Å². The highest BCUT2D eigenvalue weighted by atomic mass is 19.4. The molecule has 0 saturated carbocycles.